The van der Waals surface area contributed by atoms with E-state index in [-0.39, 0.29) is 11.7 Å². The molecule has 1 fully saturated rings. The number of morpholine rings is 1. The van der Waals surface area contributed by atoms with Crippen LogP contribution in [0.1, 0.15) is 24.1 Å². The maximum atomic E-state index is 14.7. The molecule has 2 aromatic carbocycles. The minimum atomic E-state index is -3.67. The van der Waals surface area contributed by atoms with Crippen molar-refractivity contribution in [1.82, 2.24) is 10.2 Å². The maximum absolute atomic E-state index is 14.7. The Bertz CT molecular complexity index is 1210. The van der Waals surface area contributed by atoms with Crippen molar-refractivity contribution in [2.24, 2.45) is 10.8 Å². The summed E-state index contributed by atoms with van der Waals surface area (Å²) in [5.41, 5.74) is 2.91. The number of nitrogens with two attached hydrogens (primary N) is 1. The molecule has 0 unspecified atom stereocenters. The Kier molecular flexibility index (Phi) is 7.92. The first-order chi connectivity index (χ1) is 15.6. The molecular weight excluding hydrogens is 451 g/mol. The van der Waals surface area contributed by atoms with Crippen LogP contribution in [0.4, 0.5) is 10.3 Å². The van der Waals surface area contributed by atoms with Crippen molar-refractivity contribution >= 4 is 21.9 Å². The summed E-state index contributed by atoms with van der Waals surface area (Å²) in [6.45, 7) is 3.50. The number of nitrogens with zero attached hydrogens (tertiary/aromatic N) is 3. The monoisotopic (exact) mass is 476 g/mol. The van der Waals surface area contributed by atoms with Crippen molar-refractivity contribution < 1.29 is 26.6 Å². The molecule has 0 amide bonds. The highest BCUT2D eigenvalue weighted by atomic mass is 32.2. The average molecular weight is 477 g/mol. The SMILES string of the molecule is CS(=O)(=O)O.C[C@@H](c1ccc(-c2ccccc2)c(F)c1)c1cc(/N=C2\CN(N)CCO2)on1. The molecule has 0 spiro atoms. The summed E-state index contributed by atoms with van der Waals surface area (Å²) in [5.74, 6) is 6.19. The van der Waals surface area contributed by atoms with Gasteiger partial charge in [0, 0.05) is 24.1 Å². The Hall–Kier alpha value is -3.12. The van der Waals surface area contributed by atoms with Crippen molar-refractivity contribution in [3.05, 3.63) is 71.7 Å². The third-order valence-electron chi connectivity index (χ3n) is 4.76. The van der Waals surface area contributed by atoms with Gasteiger partial charge in [0.05, 0.1) is 18.5 Å². The van der Waals surface area contributed by atoms with Gasteiger partial charge in [-0.25, -0.2) is 9.40 Å². The number of halogens is 1. The average Bonchev–Trinajstić information content (AvgIpc) is 3.21. The van der Waals surface area contributed by atoms with E-state index >= 15 is 0 Å². The minimum Gasteiger partial charge on any atom is -0.478 e. The van der Waals surface area contributed by atoms with E-state index < -0.39 is 10.1 Å². The van der Waals surface area contributed by atoms with Gasteiger partial charge in [0.15, 0.2) is 0 Å². The Morgan fingerprint density at radius 1 is 1.21 bits per heavy atom. The molecular formula is C22H25FN4O5S. The quantitative estimate of drug-likeness (QED) is 0.433. The zero-order valence-electron chi connectivity index (χ0n) is 18.2. The fourth-order valence-corrected chi connectivity index (χ4v) is 3.13. The molecule has 2 heterocycles. The molecule has 3 aromatic rings. The number of benzene rings is 2. The van der Waals surface area contributed by atoms with E-state index in [0.717, 1.165) is 11.1 Å². The summed E-state index contributed by atoms with van der Waals surface area (Å²) in [6.07, 6.45) is 0.715. The molecule has 1 atom stereocenters. The number of hydrogen-bond acceptors (Lipinski definition) is 8. The summed E-state index contributed by atoms with van der Waals surface area (Å²) in [7, 11) is -3.67. The van der Waals surface area contributed by atoms with Gasteiger partial charge in [-0.3, -0.25) is 10.4 Å². The number of ether oxygens (including phenoxy) is 1. The van der Waals surface area contributed by atoms with Gasteiger partial charge in [-0.2, -0.15) is 13.4 Å². The van der Waals surface area contributed by atoms with Crippen LogP contribution in [-0.4, -0.2) is 55.0 Å². The van der Waals surface area contributed by atoms with E-state index in [4.69, 9.17) is 19.7 Å². The highest BCUT2D eigenvalue weighted by Gasteiger charge is 2.18. The van der Waals surface area contributed by atoms with Gasteiger partial charge in [-0.15, -0.1) is 0 Å². The van der Waals surface area contributed by atoms with E-state index in [2.05, 4.69) is 10.1 Å². The molecule has 33 heavy (non-hydrogen) atoms. The van der Waals surface area contributed by atoms with Crippen LogP contribution in [0.5, 0.6) is 0 Å². The lowest BCUT2D eigenvalue weighted by molar-refractivity contribution is 0.167. The Labute approximate surface area is 191 Å². The van der Waals surface area contributed by atoms with Crippen LogP contribution >= 0.6 is 0 Å². The molecule has 176 valence electrons. The van der Waals surface area contributed by atoms with Crippen molar-refractivity contribution in [2.45, 2.75) is 12.8 Å². The second-order valence-corrected chi connectivity index (χ2v) is 8.94. The third kappa shape index (κ3) is 7.46. The normalized spacial score (nSPS) is 16.6. The Balaban J connectivity index is 0.000000555. The first-order valence-corrected chi connectivity index (χ1v) is 11.9. The number of hydrogen-bond donors (Lipinski definition) is 2. The molecule has 0 aliphatic carbocycles. The van der Waals surface area contributed by atoms with Crippen LogP contribution < -0.4 is 5.84 Å². The highest BCUT2D eigenvalue weighted by molar-refractivity contribution is 7.85. The van der Waals surface area contributed by atoms with Crippen LogP contribution in [0.3, 0.4) is 0 Å². The molecule has 11 heteroatoms. The highest BCUT2D eigenvalue weighted by Crippen LogP contribution is 2.30. The smallest absolute Gasteiger partial charge is 0.261 e. The van der Waals surface area contributed by atoms with E-state index in [0.29, 0.717) is 49.0 Å². The largest absolute Gasteiger partial charge is 0.478 e. The predicted molar refractivity (Wildman–Crippen MR) is 122 cm³/mol. The van der Waals surface area contributed by atoms with Crippen LogP contribution in [-0.2, 0) is 14.9 Å². The molecule has 1 aromatic heterocycles. The summed E-state index contributed by atoms with van der Waals surface area (Å²) >= 11 is 0. The number of aromatic nitrogens is 1. The van der Waals surface area contributed by atoms with Crippen LogP contribution in [0.25, 0.3) is 11.1 Å². The minimum absolute atomic E-state index is 0.143. The summed E-state index contributed by atoms with van der Waals surface area (Å²) in [4.78, 5) is 4.31. The molecule has 4 rings (SSSR count). The van der Waals surface area contributed by atoms with Gasteiger partial charge in [0.1, 0.15) is 12.4 Å². The van der Waals surface area contributed by atoms with Gasteiger partial charge in [0.25, 0.3) is 16.0 Å². The lowest BCUT2D eigenvalue weighted by Crippen LogP contribution is -2.44. The Morgan fingerprint density at radius 2 is 1.91 bits per heavy atom. The van der Waals surface area contributed by atoms with Crippen molar-refractivity contribution in [2.75, 3.05) is 26.0 Å². The summed E-state index contributed by atoms with van der Waals surface area (Å²) in [6, 6.07) is 16.5. The molecule has 0 radical (unpaired) electrons. The van der Waals surface area contributed by atoms with E-state index in [1.165, 1.54) is 0 Å². The zero-order chi connectivity index (χ0) is 24.0. The molecule has 1 aliphatic rings. The molecule has 0 saturated carbocycles. The maximum Gasteiger partial charge on any atom is 0.261 e. The van der Waals surface area contributed by atoms with Crippen LogP contribution in [0.15, 0.2) is 64.1 Å². The van der Waals surface area contributed by atoms with Gasteiger partial charge in [-0.05, 0) is 17.2 Å². The topological polar surface area (TPSA) is 131 Å². The lowest BCUT2D eigenvalue weighted by atomic mass is 9.95. The lowest BCUT2D eigenvalue weighted by Gasteiger charge is -2.22. The third-order valence-corrected chi connectivity index (χ3v) is 4.76. The fourth-order valence-electron chi connectivity index (χ4n) is 3.13. The number of hydrazine groups is 1. The van der Waals surface area contributed by atoms with E-state index in [9.17, 15) is 12.8 Å². The van der Waals surface area contributed by atoms with Gasteiger partial charge >= 0.3 is 0 Å². The standard InChI is InChI=1S/C21H21FN4O2.CH4O3S/c1-14(16-7-8-17(18(22)11-16)15-5-3-2-4-6-15)19-12-20(28-25-19)24-21-13-26(23)9-10-27-21;1-5(2,3)4/h2-8,11-12,14H,9-10,13,23H2,1H3;1H3,(H,2,3,4)/b24-21+;/t14-;/m0./s1. The second kappa shape index (κ2) is 10.7. The van der Waals surface area contributed by atoms with E-state index in [1.807, 2.05) is 43.3 Å². The fraction of sp³-hybridized carbons (Fsp3) is 0.273. The van der Waals surface area contributed by atoms with Gasteiger partial charge in [-0.1, -0.05) is 54.5 Å². The Morgan fingerprint density at radius 3 is 2.55 bits per heavy atom. The van der Waals surface area contributed by atoms with E-state index in [1.54, 1.807) is 23.2 Å². The van der Waals surface area contributed by atoms with Crippen molar-refractivity contribution in [1.29, 1.82) is 0 Å². The first-order valence-electron chi connectivity index (χ1n) is 10.0. The molecule has 0 bridgehead atoms. The predicted octanol–water partition coefficient (Wildman–Crippen LogP) is 3.37. The second-order valence-electron chi connectivity index (χ2n) is 7.47. The van der Waals surface area contributed by atoms with Gasteiger partial charge < -0.3 is 9.26 Å². The summed E-state index contributed by atoms with van der Waals surface area (Å²) < 4.78 is 51.3. The van der Waals surface area contributed by atoms with Crippen molar-refractivity contribution in [3.63, 3.8) is 0 Å². The number of aliphatic imine (C=N–C) groups is 1. The first kappa shape index (κ1) is 24.5. The molecule has 1 saturated heterocycles. The van der Waals surface area contributed by atoms with Crippen LogP contribution in [0, 0.1) is 5.82 Å². The molecule has 3 N–H and O–H groups in total. The van der Waals surface area contributed by atoms with Crippen molar-refractivity contribution in [3.8, 4) is 11.1 Å². The zero-order valence-corrected chi connectivity index (χ0v) is 19.0. The van der Waals surface area contributed by atoms with Gasteiger partial charge in [0.2, 0.25) is 5.90 Å². The molecule has 1 aliphatic heterocycles. The molecule has 9 nitrogen and oxygen atoms in total. The summed E-state index contributed by atoms with van der Waals surface area (Å²) in [5, 5.41) is 5.71. The van der Waals surface area contributed by atoms with Crippen LogP contribution in [0.2, 0.25) is 0 Å². The number of rotatable bonds is 4.